The third-order valence-corrected chi connectivity index (χ3v) is 5.76. The van der Waals surface area contributed by atoms with Crippen LogP contribution in [0.25, 0.3) is 5.69 Å². The zero-order chi connectivity index (χ0) is 17.2. The molecule has 7 nitrogen and oxygen atoms in total. The van der Waals surface area contributed by atoms with E-state index in [0.717, 1.165) is 18.1 Å². The fraction of sp³-hybridized carbons (Fsp3) is 0.562. The Labute approximate surface area is 142 Å². The first-order valence-electron chi connectivity index (χ1n) is 8.31. The van der Waals surface area contributed by atoms with Crippen LogP contribution in [0, 0.1) is 0 Å². The van der Waals surface area contributed by atoms with Crippen LogP contribution in [0.5, 0.6) is 0 Å². The molecule has 3 rings (SSSR count). The van der Waals surface area contributed by atoms with Crippen LogP contribution in [0.2, 0.25) is 0 Å². The van der Waals surface area contributed by atoms with E-state index in [1.165, 1.54) is 31.9 Å². The van der Waals surface area contributed by atoms with Gasteiger partial charge in [-0.25, -0.2) is 8.42 Å². The SMILES string of the molecule is CCN(Cc1nnnn1-c1ccc(S(C)(=O)=O)cc1)C1CCCC1. The van der Waals surface area contributed by atoms with Gasteiger partial charge in [-0.1, -0.05) is 19.8 Å². The minimum absolute atomic E-state index is 0.294. The van der Waals surface area contributed by atoms with Crippen LogP contribution in [0.1, 0.15) is 38.4 Å². The predicted molar refractivity (Wildman–Crippen MR) is 90.6 cm³/mol. The van der Waals surface area contributed by atoms with Crippen molar-refractivity contribution in [2.24, 2.45) is 0 Å². The van der Waals surface area contributed by atoms with E-state index in [-0.39, 0.29) is 0 Å². The van der Waals surface area contributed by atoms with E-state index in [9.17, 15) is 8.42 Å². The number of hydrogen-bond acceptors (Lipinski definition) is 6. The maximum absolute atomic E-state index is 11.6. The van der Waals surface area contributed by atoms with E-state index in [1.54, 1.807) is 28.9 Å². The standard InChI is InChI=1S/C16H23N5O2S/c1-3-20(13-6-4-5-7-13)12-16-17-18-19-21(16)14-8-10-15(11-9-14)24(2,22)23/h8-11,13H,3-7,12H2,1-2H3. The summed E-state index contributed by atoms with van der Waals surface area (Å²) in [5.74, 6) is 0.774. The van der Waals surface area contributed by atoms with Crippen LogP contribution in [-0.4, -0.2) is 52.4 Å². The average Bonchev–Trinajstić information content (AvgIpc) is 3.23. The van der Waals surface area contributed by atoms with Gasteiger partial charge in [0.25, 0.3) is 0 Å². The van der Waals surface area contributed by atoms with Gasteiger partial charge in [-0.3, -0.25) is 4.90 Å². The number of hydrogen-bond donors (Lipinski definition) is 0. The van der Waals surface area contributed by atoms with Gasteiger partial charge in [0.2, 0.25) is 0 Å². The summed E-state index contributed by atoms with van der Waals surface area (Å²) in [6.07, 6.45) is 6.25. The number of aromatic nitrogens is 4. The van der Waals surface area contributed by atoms with Crippen molar-refractivity contribution < 1.29 is 8.42 Å². The Bertz CT molecular complexity index is 779. The molecule has 0 spiro atoms. The molecule has 0 aliphatic heterocycles. The first-order valence-corrected chi connectivity index (χ1v) is 10.2. The molecule has 24 heavy (non-hydrogen) atoms. The molecule has 0 amide bonds. The molecule has 1 saturated carbocycles. The summed E-state index contributed by atoms with van der Waals surface area (Å²) < 4.78 is 24.8. The maximum Gasteiger partial charge on any atom is 0.175 e. The maximum atomic E-state index is 11.6. The van der Waals surface area contributed by atoms with Crippen molar-refractivity contribution in [2.45, 2.75) is 50.1 Å². The molecule has 0 saturated heterocycles. The zero-order valence-corrected chi connectivity index (χ0v) is 14.9. The molecular weight excluding hydrogens is 326 g/mol. The Hall–Kier alpha value is -1.80. The molecule has 1 heterocycles. The smallest absolute Gasteiger partial charge is 0.175 e. The third kappa shape index (κ3) is 3.64. The molecule has 1 aliphatic rings. The number of sulfone groups is 1. The third-order valence-electron chi connectivity index (χ3n) is 4.64. The molecule has 0 bridgehead atoms. The Morgan fingerprint density at radius 2 is 1.88 bits per heavy atom. The summed E-state index contributed by atoms with van der Waals surface area (Å²) in [5.41, 5.74) is 0.768. The summed E-state index contributed by atoms with van der Waals surface area (Å²) in [7, 11) is -3.20. The van der Waals surface area contributed by atoms with E-state index in [2.05, 4.69) is 27.3 Å². The molecule has 0 N–H and O–H groups in total. The number of benzene rings is 1. The van der Waals surface area contributed by atoms with Gasteiger partial charge in [0, 0.05) is 12.3 Å². The minimum atomic E-state index is -3.20. The second kappa shape index (κ2) is 6.98. The summed E-state index contributed by atoms with van der Waals surface area (Å²) in [6, 6.07) is 7.26. The lowest BCUT2D eigenvalue weighted by atomic mass is 10.2. The Kier molecular flexibility index (Phi) is 4.96. The molecule has 130 valence electrons. The lowest BCUT2D eigenvalue weighted by Gasteiger charge is -2.26. The number of rotatable bonds is 6. The molecule has 2 aromatic rings. The van der Waals surface area contributed by atoms with E-state index in [1.807, 2.05) is 0 Å². The highest BCUT2D eigenvalue weighted by atomic mass is 32.2. The van der Waals surface area contributed by atoms with Crippen LogP contribution >= 0.6 is 0 Å². The lowest BCUT2D eigenvalue weighted by Crippen LogP contribution is -2.33. The van der Waals surface area contributed by atoms with E-state index in [0.29, 0.717) is 17.5 Å². The fourth-order valence-corrected chi connectivity index (χ4v) is 3.92. The summed E-state index contributed by atoms with van der Waals surface area (Å²) in [4.78, 5) is 2.71. The molecule has 1 aromatic carbocycles. The van der Waals surface area contributed by atoms with Gasteiger partial charge >= 0.3 is 0 Å². The summed E-state index contributed by atoms with van der Waals surface area (Å²) in [6.45, 7) is 3.82. The van der Waals surface area contributed by atoms with Gasteiger partial charge in [-0.2, -0.15) is 4.68 Å². The van der Waals surface area contributed by atoms with Gasteiger partial charge in [-0.05, 0) is 54.1 Å². The van der Waals surface area contributed by atoms with Crippen molar-refractivity contribution in [3.8, 4) is 5.69 Å². The largest absolute Gasteiger partial charge is 0.293 e. The normalized spacial score (nSPS) is 16.1. The molecule has 1 fully saturated rings. The van der Waals surface area contributed by atoms with Gasteiger partial charge in [0.15, 0.2) is 15.7 Å². The molecular formula is C16H23N5O2S. The summed E-state index contributed by atoms with van der Waals surface area (Å²) >= 11 is 0. The van der Waals surface area contributed by atoms with Crippen molar-refractivity contribution in [2.75, 3.05) is 12.8 Å². The van der Waals surface area contributed by atoms with Gasteiger partial charge < -0.3 is 0 Å². The van der Waals surface area contributed by atoms with E-state index < -0.39 is 9.84 Å². The quantitative estimate of drug-likeness (QED) is 0.791. The van der Waals surface area contributed by atoms with Crippen LogP contribution < -0.4 is 0 Å². The topological polar surface area (TPSA) is 81.0 Å². The van der Waals surface area contributed by atoms with Crippen molar-refractivity contribution in [1.29, 1.82) is 0 Å². The van der Waals surface area contributed by atoms with E-state index >= 15 is 0 Å². The van der Waals surface area contributed by atoms with Gasteiger partial charge in [-0.15, -0.1) is 5.10 Å². The minimum Gasteiger partial charge on any atom is -0.293 e. The summed E-state index contributed by atoms with van der Waals surface area (Å²) in [5, 5.41) is 12.0. The van der Waals surface area contributed by atoms with Gasteiger partial charge in [0.05, 0.1) is 17.1 Å². The van der Waals surface area contributed by atoms with Crippen LogP contribution in [-0.2, 0) is 16.4 Å². The molecule has 8 heteroatoms. The van der Waals surface area contributed by atoms with Crippen molar-refractivity contribution in [3.63, 3.8) is 0 Å². The molecule has 0 unspecified atom stereocenters. The second-order valence-corrected chi connectivity index (χ2v) is 8.29. The lowest BCUT2D eigenvalue weighted by molar-refractivity contribution is 0.194. The fourth-order valence-electron chi connectivity index (χ4n) is 3.29. The van der Waals surface area contributed by atoms with Crippen molar-refractivity contribution in [3.05, 3.63) is 30.1 Å². The van der Waals surface area contributed by atoms with Crippen molar-refractivity contribution >= 4 is 9.84 Å². The highest BCUT2D eigenvalue weighted by Gasteiger charge is 2.23. The molecule has 1 aliphatic carbocycles. The van der Waals surface area contributed by atoms with E-state index in [4.69, 9.17) is 0 Å². The van der Waals surface area contributed by atoms with Crippen LogP contribution in [0.4, 0.5) is 0 Å². The molecule has 1 aromatic heterocycles. The monoisotopic (exact) mass is 349 g/mol. The van der Waals surface area contributed by atoms with Gasteiger partial charge in [0.1, 0.15) is 0 Å². The molecule has 0 atom stereocenters. The second-order valence-electron chi connectivity index (χ2n) is 6.27. The first-order chi connectivity index (χ1) is 11.5. The van der Waals surface area contributed by atoms with Crippen LogP contribution in [0.3, 0.4) is 0 Å². The van der Waals surface area contributed by atoms with Crippen LogP contribution in [0.15, 0.2) is 29.2 Å². The number of tetrazole rings is 1. The van der Waals surface area contributed by atoms with Crippen molar-refractivity contribution in [1.82, 2.24) is 25.1 Å². The number of nitrogens with zero attached hydrogens (tertiary/aromatic N) is 5. The zero-order valence-electron chi connectivity index (χ0n) is 14.1. The predicted octanol–water partition coefficient (Wildman–Crippen LogP) is 1.83. The first kappa shape index (κ1) is 17.0. The Balaban J connectivity index is 1.82. The molecule has 0 radical (unpaired) electrons. The Morgan fingerprint density at radius 3 is 2.46 bits per heavy atom. The highest BCUT2D eigenvalue weighted by molar-refractivity contribution is 7.90. The average molecular weight is 349 g/mol. The highest BCUT2D eigenvalue weighted by Crippen LogP contribution is 2.24. The Morgan fingerprint density at radius 1 is 1.21 bits per heavy atom.